The molecule has 0 aromatic heterocycles. The number of hydrogen-bond donors (Lipinski definition) is 0. The fourth-order valence-corrected chi connectivity index (χ4v) is 20.5. The fourth-order valence-electron chi connectivity index (χ4n) is 3.64. The van der Waals surface area contributed by atoms with Gasteiger partial charge in [-0.2, -0.15) is 0 Å². The molecule has 0 aromatic carbocycles. The van der Waals surface area contributed by atoms with Gasteiger partial charge >= 0.3 is 0 Å². The van der Waals surface area contributed by atoms with Crippen LogP contribution < -0.4 is 0 Å². The van der Waals surface area contributed by atoms with E-state index < -0.39 is 32.8 Å². The van der Waals surface area contributed by atoms with Crippen molar-refractivity contribution in [2.75, 3.05) is 0 Å². The van der Waals surface area contributed by atoms with Crippen molar-refractivity contribution >= 4 is 32.8 Å². The van der Waals surface area contributed by atoms with Gasteiger partial charge in [0.05, 0.1) is 8.07 Å². The molecule has 0 amide bonds. The fraction of sp³-hybridized carbons (Fsp3) is 0.800. The maximum absolute atomic E-state index is 6.57. The maximum Gasteiger partial charge on any atom is 0.226 e. The molecule has 0 atom stereocenters. The summed E-state index contributed by atoms with van der Waals surface area (Å²) in [5.74, 6) is 3.71. The van der Waals surface area contributed by atoms with E-state index in [1.54, 1.807) is 4.82 Å². The number of rotatable bonds is 7. The highest BCUT2D eigenvalue weighted by Gasteiger charge is 2.44. The first-order valence-electron chi connectivity index (χ1n) is 9.94. The molecule has 152 valence electrons. The zero-order valence-corrected chi connectivity index (χ0v) is 24.0. The molecule has 0 aliphatic carbocycles. The van der Waals surface area contributed by atoms with Crippen molar-refractivity contribution in [2.24, 2.45) is 0 Å². The van der Waals surface area contributed by atoms with Gasteiger partial charge in [-0.25, -0.2) is 0 Å². The van der Waals surface area contributed by atoms with E-state index in [-0.39, 0.29) is 12.2 Å². The Balaban J connectivity index is 6.87. The molecule has 0 unspecified atom stereocenters. The van der Waals surface area contributed by atoms with Gasteiger partial charge in [-0.15, -0.1) is 5.54 Å². The third kappa shape index (κ3) is 8.85. The molecule has 0 aliphatic heterocycles. The smallest absolute Gasteiger partial charge is 0.226 e. The summed E-state index contributed by atoms with van der Waals surface area (Å²) in [6.07, 6.45) is 0.462. The van der Waals surface area contributed by atoms with Crippen molar-refractivity contribution in [3.05, 3.63) is 10.0 Å². The second-order valence-electron chi connectivity index (χ2n) is 10.9. The van der Waals surface area contributed by atoms with Crippen LogP contribution in [0.4, 0.5) is 0 Å². The van der Waals surface area contributed by atoms with E-state index in [0.717, 1.165) is 0 Å². The lowest BCUT2D eigenvalue weighted by molar-refractivity contribution is 0.233. The molecule has 6 heteroatoms. The SMILES string of the molecule is CC(C)O[Si](C)(C)/C(C#C[Si](C)(C)C)=C(/[Si](C)(C)C)[Si](C)(C)OC(C)C. The summed E-state index contributed by atoms with van der Waals surface area (Å²) in [6, 6.07) is 0. The molecule has 0 heterocycles. The largest absolute Gasteiger partial charge is 0.411 e. The van der Waals surface area contributed by atoms with Gasteiger partial charge in [-0.1, -0.05) is 50.0 Å². The lowest BCUT2D eigenvalue weighted by Crippen LogP contribution is -2.51. The minimum Gasteiger partial charge on any atom is -0.411 e. The van der Waals surface area contributed by atoms with Crippen molar-refractivity contribution in [1.82, 2.24) is 0 Å². The van der Waals surface area contributed by atoms with Crippen molar-refractivity contribution in [3.63, 3.8) is 0 Å². The molecule has 0 radical (unpaired) electrons. The van der Waals surface area contributed by atoms with Crippen LogP contribution in [0.5, 0.6) is 0 Å². The van der Waals surface area contributed by atoms with E-state index >= 15 is 0 Å². The highest BCUT2D eigenvalue weighted by molar-refractivity contribution is 7.05. The van der Waals surface area contributed by atoms with E-state index in [1.807, 2.05) is 0 Å². The molecule has 0 aromatic rings. The van der Waals surface area contributed by atoms with Crippen LogP contribution in [0.15, 0.2) is 10.0 Å². The predicted octanol–water partition coefficient (Wildman–Crippen LogP) is 6.38. The van der Waals surface area contributed by atoms with Crippen molar-refractivity contribution in [2.45, 2.75) is 105 Å². The third-order valence-electron chi connectivity index (χ3n) is 3.83. The van der Waals surface area contributed by atoms with Crippen LogP contribution >= 0.6 is 0 Å². The minimum absolute atomic E-state index is 0.221. The first-order valence-corrected chi connectivity index (χ1v) is 22.8. The molecule has 0 aliphatic rings. The summed E-state index contributed by atoms with van der Waals surface area (Å²) < 4.78 is 13.1. The molecule has 26 heavy (non-hydrogen) atoms. The Morgan fingerprint density at radius 3 is 1.35 bits per heavy atom. The average molecular weight is 429 g/mol. The van der Waals surface area contributed by atoms with Crippen molar-refractivity contribution in [1.29, 1.82) is 0 Å². The van der Waals surface area contributed by atoms with Crippen LogP contribution in [-0.4, -0.2) is 45.0 Å². The van der Waals surface area contributed by atoms with Crippen molar-refractivity contribution < 1.29 is 8.85 Å². The summed E-state index contributed by atoms with van der Waals surface area (Å²) >= 11 is 0. The molecule has 0 fully saturated rings. The molecule has 0 saturated carbocycles. The van der Waals surface area contributed by atoms with Crippen LogP contribution in [0, 0.1) is 11.5 Å². The van der Waals surface area contributed by atoms with E-state index in [9.17, 15) is 0 Å². The molecular formula is C20H44O2Si4. The standard InChI is InChI=1S/C20H44O2Si4/c1-17(2)21-25(11,12)19(15-16-23(5,6)7)20(24(8,9)10)26(13,14)22-18(3)4/h17-18H,1-14H3/b20-19-. The third-order valence-corrected chi connectivity index (χ3v) is 16.2. The van der Waals surface area contributed by atoms with Gasteiger partial charge in [-0.3, -0.25) is 0 Å². The topological polar surface area (TPSA) is 18.5 Å². The zero-order chi connectivity index (χ0) is 21.1. The van der Waals surface area contributed by atoms with Gasteiger partial charge in [0, 0.05) is 17.4 Å². The summed E-state index contributed by atoms with van der Waals surface area (Å²) in [5, 5.41) is 1.34. The van der Waals surface area contributed by atoms with Gasteiger partial charge in [0.25, 0.3) is 0 Å². The second kappa shape index (κ2) is 9.06. The lowest BCUT2D eigenvalue weighted by atomic mass is 10.5. The molecule has 0 spiro atoms. The number of hydrogen-bond acceptors (Lipinski definition) is 2. The number of allylic oxidation sites excluding steroid dienone is 1. The Morgan fingerprint density at radius 1 is 0.654 bits per heavy atom. The van der Waals surface area contributed by atoms with Crippen LogP contribution in [0.2, 0.25) is 65.5 Å². The highest BCUT2D eigenvalue weighted by atomic mass is 28.4. The first-order chi connectivity index (χ1) is 11.3. The maximum atomic E-state index is 6.57. The molecule has 0 rings (SSSR count). The predicted molar refractivity (Wildman–Crippen MR) is 129 cm³/mol. The second-order valence-corrected chi connectivity index (χ2v) is 28.6. The summed E-state index contributed by atoms with van der Waals surface area (Å²) in [6.45, 7) is 32.2. The lowest BCUT2D eigenvalue weighted by Gasteiger charge is -2.40. The molecule has 0 saturated heterocycles. The molecule has 2 nitrogen and oxygen atoms in total. The first kappa shape index (κ1) is 26.1. The van der Waals surface area contributed by atoms with E-state index in [1.165, 1.54) is 5.20 Å². The van der Waals surface area contributed by atoms with Crippen molar-refractivity contribution in [3.8, 4) is 11.5 Å². The molecule has 0 N–H and O–H groups in total. The monoisotopic (exact) mass is 428 g/mol. The average Bonchev–Trinajstić information content (AvgIpc) is 2.26. The van der Waals surface area contributed by atoms with Gasteiger partial charge in [0.2, 0.25) is 16.6 Å². The van der Waals surface area contributed by atoms with Crippen LogP contribution in [-0.2, 0) is 8.85 Å². The zero-order valence-electron chi connectivity index (χ0n) is 20.0. The Morgan fingerprint density at radius 2 is 1.04 bits per heavy atom. The van der Waals surface area contributed by atoms with E-state index in [2.05, 4.69) is 105 Å². The molecule has 0 bridgehead atoms. The van der Waals surface area contributed by atoms with Gasteiger partial charge < -0.3 is 8.85 Å². The Labute approximate surface area is 168 Å². The molecular weight excluding hydrogens is 385 g/mol. The Hall–Kier alpha value is 0.0875. The van der Waals surface area contributed by atoms with Gasteiger partial charge in [-0.05, 0) is 53.9 Å². The van der Waals surface area contributed by atoms with Crippen LogP contribution in [0.25, 0.3) is 0 Å². The van der Waals surface area contributed by atoms with Crippen LogP contribution in [0.3, 0.4) is 0 Å². The Kier molecular flexibility index (Phi) is 9.09. The minimum atomic E-state index is -2.11. The summed E-state index contributed by atoms with van der Waals surface area (Å²) in [5.41, 5.74) is 3.65. The Bertz CT molecular complexity index is 565. The van der Waals surface area contributed by atoms with Gasteiger partial charge in [0.15, 0.2) is 0 Å². The van der Waals surface area contributed by atoms with Gasteiger partial charge in [0.1, 0.15) is 8.07 Å². The summed E-state index contributed by atoms with van der Waals surface area (Å²) in [4.78, 5) is 1.57. The van der Waals surface area contributed by atoms with Crippen LogP contribution in [0.1, 0.15) is 27.7 Å². The summed E-state index contributed by atoms with van der Waals surface area (Å²) in [7, 11) is -7.25. The van der Waals surface area contributed by atoms with E-state index in [0.29, 0.717) is 0 Å². The quantitative estimate of drug-likeness (QED) is 0.346. The normalized spacial score (nSPS) is 15.1. The van der Waals surface area contributed by atoms with E-state index in [4.69, 9.17) is 8.85 Å². The highest BCUT2D eigenvalue weighted by Crippen LogP contribution is 2.34.